The van der Waals surface area contributed by atoms with E-state index in [1.807, 2.05) is 0 Å². The second kappa shape index (κ2) is 6.16. The quantitative estimate of drug-likeness (QED) is 0.693. The highest BCUT2D eigenvalue weighted by molar-refractivity contribution is 5.80. The summed E-state index contributed by atoms with van der Waals surface area (Å²) in [7, 11) is 0. The molecule has 1 N–H and O–H groups in total. The highest BCUT2D eigenvalue weighted by Gasteiger charge is 2.30. The molecule has 0 fully saturated rings. The Balaban J connectivity index is 1.95. The van der Waals surface area contributed by atoms with E-state index >= 15 is 0 Å². The zero-order chi connectivity index (χ0) is 15.3. The lowest BCUT2D eigenvalue weighted by atomic mass is 10.2. The van der Waals surface area contributed by atoms with Crippen molar-refractivity contribution in [2.75, 3.05) is 5.43 Å². The molecule has 2 rings (SSSR count). The Morgan fingerprint density at radius 2 is 1.90 bits per heavy atom. The van der Waals surface area contributed by atoms with Crippen molar-refractivity contribution in [1.82, 2.24) is 15.0 Å². The van der Waals surface area contributed by atoms with Crippen LogP contribution in [0.15, 0.2) is 35.7 Å². The first-order valence-corrected chi connectivity index (χ1v) is 5.73. The van der Waals surface area contributed by atoms with Crippen LogP contribution < -0.4 is 10.2 Å². The lowest BCUT2D eigenvalue weighted by Gasteiger charge is -2.08. The van der Waals surface area contributed by atoms with E-state index in [0.29, 0.717) is 11.4 Å². The minimum Gasteiger partial charge on any atom is -0.406 e. The van der Waals surface area contributed by atoms with Gasteiger partial charge in [0, 0.05) is 0 Å². The van der Waals surface area contributed by atoms with Gasteiger partial charge in [0.25, 0.3) is 0 Å². The Morgan fingerprint density at radius 3 is 2.52 bits per heavy atom. The third-order valence-electron chi connectivity index (χ3n) is 2.18. The van der Waals surface area contributed by atoms with Gasteiger partial charge in [-0.25, -0.2) is 10.4 Å². The fourth-order valence-electron chi connectivity index (χ4n) is 1.35. The number of benzene rings is 1. The average molecular weight is 297 g/mol. The number of hydrazone groups is 1. The van der Waals surface area contributed by atoms with Crippen molar-refractivity contribution in [3.05, 3.63) is 42.0 Å². The van der Waals surface area contributed by atoms with Gasteiger partial charge in [0.1, 0.15) is 17.9 Å². The van der Waals surface area contributed by atoms with Gasteiger partial charge in [0.05, 0.1) is 6.21 Å². The summed E-state index contributed by atoms with van der Waals surface area (Å²) in [4.78, 5) is 11.6. The van der Waals surface area contributed by atoms with E-state index in [4.69, 9.17) is 0 Å². The molecule has 0 unspecified atom stereocenters. The van der Waals surface area contributed by atoms with Gasteiger partial charge in [-0.15, -0.1) is 13.2 Å². The third-order valence-corrected chi connectivity index (χ3v) is 2.18. The number of halogens is 3. The van der Waals surface area contributed by atoms with E-state index in [1.54, 1.807) is 6.92 Å². The minimum atomic E-state index is -4.70. The molecular formula is C12H10F3N5O. The Kier molecular flexibility index (Phi) is 4.31. The number of ether oxygens (including phenoxy) is 1. The largest absolute Gasteiger partial charge is 0.573 e. The number of hydrogen-bond acceptors (Lipinski definition) is 6. The molecule has 21 heavy (non-hydrogen) atoms. The van der Waals surface area contributed by atoms with Crippen LogP contribution >= 0.6 is 0 Å². The maximum atomic E-state index is 12.0. The van der Waals surface area contributed by atoms with Crippen molar-refractivity contribution >= 4 is 12.2 Å². The monoisotopic (exact) mass is 297 g/mol. The second-order valence-electron chi connectivity index (χ2n) is 3.84. The standard InChI is InChI=1S/C12H10F3N5O/c1-8-16-7-17-11(19-8)20-18-6-9-2-4-10(5-3-9)21-12(13,14)15/h2-7H,1H3,(H,16,17,19,20). The molecular weight excluding hydrogens is 287 g/mol. The van der Waals surface area contributed by atoms with Crippen LogP contribution in [0.4, 0.5) is 19.1 Å². The zero-order valence-electron chi connectivity index (χ0n) is 10.8. The topological polar surface area (TPSA) is 72.3 Å². The zero-order valence-corrected chi connectivity index (χ0v) is 10.8. The van der Waals surface area contributed by atoms with Gasteiger partial charge < -0.3 is 4.74 Å². The van der Waals surface area contributed by atoms with E-state index in [2.05, 4.69) is 30.2 Å². The number of nitrogens with zero attached hydrogens (tertiary/aromatic N) is 4. The number of aromatic nitrogens is 3. The molecule has 0 aliphatic carbocycles. The second-order valence-corrected chi connectivity index (χ2v) is 3.84. The summed E-state index contributed by atoms with van der Waals surface area (Å²) < 4.78 is 39.7. The van der Waals surface area contributed by atoms with Crippen molar-refractivity contribution in [3.8, 4) is 5.75 Å². The van der Waals surface area contributed by atoms with Crippen molar-refractivity contribution in [3.63, 3.8) is 0 Å². The Bertz CT molecular complexity index is 628. The number of aryl methyl sites for hydroxylation is 1. The van der Waals surface area contributed by atoms with Crippen molar-refractivity contribution in [1.29, 1.82) is 0 Å². The number of hydrogen-bond donors (Lipinski definition) is 1. The van der Waals surface area contributed by atoms with E-state index in [0.717, 1.165) is 0 Å². The van der Waals surface area contributed by atoms with Crippen molar-refractivity contribution < 1.29 is 17.9 Å². The molecule has 0 saturated heterocycles. The van der Waals surface area contributed by atoms with Crippen LogP contribution in [-0.2, 0) is 0 Å². The number of nitrogens with one attached hydrogen (secondary N) is 1. The van der Waals surface area contributed by atoms with Crippen molar-refractivity contribution in [2.45, 2.75) is 13.3 Å². The predicted octanol–water partition coefficient (Wildman–Crippen LogP) is 2.52. The molecule has 1 aromatic heterocycles. The van der Waals surface area contributed by atoms with E-state index < -0.39 is 6.36 Å². The van der Waals surface area contributed by atoms with Crippen LogP contribution in [0.2, 0.25) is 0 Å². The Morgan fingerprint density at radius 1 is 1.19 bits per heavy atom. The van der Waals surface area contributed by atoms with Crippen LogP contribution in [0.5, 0.6) is 5.75 Å². The summed E-state index contributed by atoms with van der Waals surface area (Å²) in [6.45, 7) is 1.70. The lowest BCUT2D eigenvalue weighted by Crippen LogP contribution is -2.17. The first-order valence-electron chi connectivity index (χ1n) is 5.73. The molecule has 1 heterocycles. The molecule has 110 valence electrons. The molecule has 9 heteroatoms. The minimum absolute atomic E-state index is 0.274. The van der Waals surface area contributed by atoms with E-state index in [-0.39, 0.29) is 11.7 Å². The number of anilines is 1. The van der Waals surface area contributed by atoms with Gasteiger partial charge in [0.15, 0.2) is 0 Å². The van der Waals surface area contributed by atoms with E-state index in [9.17, 15) is 13.2 Å². The highest BCUT2D eigenvalue weighted by Crippen LogP contribution is 2.22. The van der Waals surface area contributed by atoms with Gasteiger partial charge in [-0.2, -0.15) is 15.1 Å². The summed E-state index contributed by atoms with van der Waals surface area (Å²) in [6.07, 6.45) is -1.95. The Labute approximate surface area is 117 Å². The molecule has 0 atom stereocenters. The third kappa shape index (κ3) is 5.05. The summed E-state index contributed by atoms with van der Waals surface area (Å²) in [5.41, 5.74) is 3.17. The fourth-order valence-corrected chi connectivity index (χ4v) is 1.35. The first kappa shape index (κ1) is 14.7. The maximum Gasteiger partial charge on any atom is 0.573 e. The molecule has 0 radical (unpaired) electrons. The predicted molar refractivity (Wildman–Crippen MR) is 68.9 cm³/mol. The van der Waals surface area contributed by atoms with Crippen LogP contribution in [0, 0.1) is 6.92 Å². The number of rotatable bonds is 4. The van der Waals surface area contributed by atoms with Crippen LogP contribution in [-0.4, -0.2) is 27.5 Å². The van der Waals surface area contributed by atoms with Gasteiger partial charge in [0.2, 0.25) is 5.95 Å². The van der Waals surface area contributed by atoms with Crippen LogP contribution in [0.25, 0.3) is 0 Å². The molecule has 0 aliphatic rings. The molecule has 0 saturated carbocycles. The summed E-state index contributed by atoms with van der Waals surface area (Å²) in [5, 5.41) is 3.87. The molecule has 0 amide bonds. The first-order chi connectivity index (χ1) is 9.92. The molecule has 0 aliphatic heterocycles. The molecule has 1 aromatic carbocycles. The lowest BCUT2D eigenvalue weighted by molar-refractivity contribution is -0.274. The molecule has 0 bridgehead atoms. The fraction of sp³-hybridized carbons (Fsp3) is 0.167. The normalized spacial score (nSPS) is 11.6. The molecule has 6 nitrogen and oxygen atoms in total. The maximum absolute atomic E-state index is 12.0. The summed E-state index contributed by atoms with van der Waals surface area (Å²) >= 11 is 0. The Hall–Kier alpha value is -2.71. The van der Waals surface area contributed by atoms with Crippen LogP contribution in [0.3, 0.4) is 0 Å². The highest BCUT2D eigenvalue weighted by atomic mass is 19.4. The summed E-state index contributed by atoms with van der Waals surface area (Å²) in [5.74, 6) is 0.521. The van der Waals surface area contributed by atoms with Gasteiger partial charge in [-0.3, -0.25) is 0 Å². The number of alkyl halides is 3. The van der Waals surface area contributed by atoms with E-state index in [1.165, 1.54) is 36.8 Å². The summed E-state index contributed by atoms with van der Waals surface area (Å²) in [6, 6.07) is 5.26. The van der Waals surface area contributed by atoms with Gasteiger partial charge >= 0.3 is 6.36 Å². The van der Waals surface area contributed by atoms with Gasteiger partial charge in [-0.1, -0.05) is 0 Å². The smallest absolute Gasteiger partial charge is 0.406 e. The molecule has 2 aromatic rings. The van der Waals surface area contributed by atoms with Crippen molar-refractivity contribution in [2.24, 2.45) is 5.10 Å². The van der Waals surface area contributed by atoms with Gasteiger partial charge in [-0.05, 0) is 36.8 Å². The molecule has 0 spiro atoms. The SMILES string of the molecule is Cc1ncnc(NN=Cc2ccc(OC(F)(F)F)cc2)n1. The van der Waals surface area contributed by atoms with Crippen LogP contribution in [0.1, 0.15) is 11.4 Å². The average Bonchev–Trinajstić information content (AvgIpc) is 2.39.